The quantitative estimate of drug-likeness (QED) is 0.780. The smallest absolute Gasteiger partial charge is 0.127 e. The van der Waals surface area contributed by atoms with Crippen molar-refractivity contribution in [2.45, 2.75) is 31.8 Å². The first-order valence-electron chi connectivity index (χ1n) is 5.22. The van der Waals surface area contributed by atoms with Crippen molar-refractivity contribution in [3.63, 3.8) is 0 Å². The van der Waals surface area contributed by atoms with Gasteiger partial charge in [-0.25, -0.2) is 4.39 Å². The van der Waals surface area contributed by atoms with E-state index in [0.717, 1.165) is 0 Å². The molecule has 1 aromatic rings. The Morgan fingerprint density at radius 1 is 1.56 bits per heavy atom. The minimum Gasteiger partial charge on any atom is -0.390 e. The Bertz CT molecular complexity index is 374. The van der Waals surface area contributed by atoms with E-state index in [1.165, 1.54) is 6.07 Å². The van der Waals surface area contributed by atoms with Crippen molar-refractivity contribution >= 4 is 11.6 Å². The Morgan fingerprint density at radius 3 is 2.81 bits per heavy atom. The van der Waals surface area contributed by atoms with Crippen LogP contribution in [0.4, 0.5) is 4.39 Å². The Hall–Kier alpha value is -0.860. The van der Waals surface area contributed by atoms with Crippen LogP contribution in [-0.2, 0) is 6.42 Å². The highest BCUT2D eigenvalue weighted by Gasteiger charge is 2.21. The summed E-state index contributed by atoms with van der Waals surface area (Å²) in [5.74, 6) is -0.369. The monoisotopic (exact) mass is 242 g/mol. The van der Waals surface area contributed by atoms with Gasteiger partial charge in [-0.3, -0.25) is 0 Å². The largest absolute Gasteiger partial charge is 0.390 e. The number of halogens is 2. The Labute approximate surface area is 101 Å². The predicted molar refractivity (Wildman–Crippen MR) is 65.2 cm³/mol. The van der Waals surface area contributed by atoms with Crippen LogP contribution >= 0.6 is 11.6 Å². The van der Waals surface area contributed by atoms with Gasteiger partial charge in [-0.15, -0.1) is 6.58 Å². The first-order chi connectivity index (χ1) is 7.44. The lowest BCUT2D eigenvalue weighted by Gasteiger charge is -2.23. The van der Waals surface area contributed by atoms with Gasteiger partial charge in [0, 0.05) is 11.4 Å². The summed E-state index contributed by atoms with van der Waals surface area (Å²) in [5, 5.41) is 10.4. The summed E-state index contributed by atoms with van der Waals surface area (Å²) in [7, 11) is 0. The minimum atomic E-state index is -0.914. The molecule has 1 N–H and O–H groups in total. The van der Waals surface area contributed by atoms with Gasteiger partial charge in [-0.2, -0.15) is 0 Å². The van der Waals surface area contributed by atoms with Crippen molar-refractivity contribution < 1.29 is 9.50 Å². The van der Waals surface area contributed by atoms with E-state index >= 15 is 0 Å². The molecular formula is C13H16ClFO. The molecule has 1 rings (SSSR count). The van der Waals surface area contributed by atoms with Gasteiger partial charge in [0.1, 0.15) is 5.82 Å². The van der Waals surface area contributed by atoms with Crippen LogP contribution in [0.15, 0.2) is 30.9 Å². The zero-order valence-corrected chi connectivity index (χ0v) is 10.1. The molecule has 0 heterocycles. The molecule has 0 saturated carbocycles. The highest BCUT2D eigenvalue weighted by Crippen LogP contribution is 2.22. The zero-order valence-electron chi connectivity index (χ0n) is 9.34. The maximum atomic E-state index is 13.5. The van der Waals surface area contributed by atoms with Gasteiger partial charge < -0.3 is 5.11 Å². The summed E-state index contributed by atoms with van der Waals surface area (Å²) in [4.78, 5) is 0. The van der Waals surface area contributed by atoms with E-state index in [0.29, 0.717) is 23.4 Å². The highest BCUT2D eigenvalue weighted by molar-refractivity contribution is 6.30. The normalized spacial score (nSPS) is 14.5. The fourth-order valence-corrected chi connectivity index (χ4v) is 1.74. The van der Waals surface area contributed by atoms with Crippen LogP contribution < -0.4 is 0 Å². The van der Waals surface area contributed by atoms with Gasteiger partial charge in [0.25, 0.3) is 0 Å². The van der Waals surface area contributed by atoms with E-state index in [1.54, 1.807) is 25.1 Å². The van der Waals surface area contributed by atoms with Crippen molar-refractivity contribution in [2.24, 2.45) is 0 Å². The molecule has 0 saturated heterocycles. The van der Waals surface area contributed by atoms with E-state index in [2.05, 4.69) is 6.58 Å². The molecule has 0 aliphatic rings. The van der Waals surface area contributed by atoms with Gasteiger partial charge in [0.05, 0.1) is 5.60 Å². The zero-order chi connectivity index (χ0) is 12.2. The second kappa shape index (κ2) is 5.46. The van der Waals surface area contributed by atoms with Crippen molar-refractivity contribution in [3.05, 3.63) is 47.3 Å². The van der Waals surface area contributed by atoms with Crippen molar-refractivity contribution in [2.75, 3.05) is 0 Å². The van der Waals surface area contributed by atoms with Crippen molar-refractivity contribution in [1.29, 1.82) is 0 Å². The molecule has 0 aromatic heterocycles. The molecule has 0 amide bonds. The third kappa shape index (κ3) is 3.95. The van der Waals surface area contributed by atoms with Crippen LogP contribution in [0.1, 0.15) is 25.3 Å². The van der Waals surface area contributed by atoms with Gasteiger partial charge in [-0.1, -0.05) is 23.7 Å². The molecule has 88 valence electrons. The van der Waals surface area contributed by atoms with Crippen LogP contribution in [0, 0.1) is 5.82 Å². The Balaban J connectivity index is 2.75. The molecule has 1 unspecified atom stereocenters. The molecule has 3 heteroatoms. The summed E-state index contributed by atoms with van der Waals surface area (Å²) in [5.41, 5.74) is -0.429. The van der Waals surface area contributed by atoms with Gasteiger partial charge in [-0.05, 0) is 37.5 Å². The molecule has 0 bridgehead atoms. The first kappa shape index (κ1) is 13.2. The van der Waals surface area contributed by atoms with E-state index in [4.69, 9.17) is 11.6 Å². The maximum absolute atomic E-state index is 13.5. The van der Waals surface area contributed by atoms with Crippen LogP contribution in [-0.4, -0.2) is 10.7 Å². The Morgan fingerprint density at radius 2 is 2.25 bits per heavy atom. The van der Waals surface area contributed by atoms with Crippen LogP contribution in [0.5, 0.6) is 0 Å². The predicted octanol–water partition coefficient (Wildman–Crippen LogP) is 3.74. The van der Waals surface area contributed by atoms with Crippen LogP contribution in [0.3, 0.4) is 0 Å². The first-order valence-corrected chi connectivity index (χ1v) is 5.59. The topological polar surface area (TPSA) is 20.2 Å². The third-order valence-corrected chi connectivity index (χ3v) is 2.71. The fourth-order valence-electron chi connectivity index (χ4n) is 1.58. The number of hydrogen-bond donors (Lipinski definition) is 1. The number of rotatable bonds is 5. The van der Waals surface area contributed by atoms with Crippen molar-refractivity contribution in [3.8, 4) is 0 Å². The van der Waals surface area contributed by atoms with Gasteiger partial charge >= 0.3 is 0 Å². The molecule has 16 heavy (non-hydrogen) atoms. The SMILES string of the molecule is C=CCCC(C)(O)Cc1ccc(Cl)cc1F. The van der Waals surface area contributed by atoms with E-state index < -0.39 is 5.60 Å². The number of aliphatic hydroxyl groups is 1. The standard InChI is InChI=1S/C13H16ClFO/c1-3-4-7-13(2,16)9-10-5-6-11(14)8-12(10)15/h3,5-6,8,16H,1,4,7,9H2,2H3. The molecule has 1 aromatic carbocycles. The molecule has 0 aliphatic carbocycles. The summed E-state index contributed by atoms with van der Waals surface area (Å²) in [6, 6.07) is 4.50. The Kier molecular flexibility index (Phi) is 4.51. The number of allylic oxidation sites excluding steroid dienone is 1. The minimum absolute atomic E-state index is 0.282. The second-order valence-corrected chi connectivity index (χ2v) is 4.67. The van der Waals surface area contributed by atoms with E-state index in [1.807, 2.05) is 0 Å². The molecule has 0 radical (unpaired) electrons. The number of benzene rings is 1. The lowest BCUT2D eigenvalue weighted by atomic mass is 9.91. The molecule has 1 atom stereocenters. The lowest BCUT2D eigenvalue weighted by molar-refractivity contribution is 0.0515. The van der Waals surface area contributed by atoms with E-state index in [9.17, 15) is 9.50 Å². The summed E-state index contributed by atoms with van der Waals surface area (Å²) in [6.45, 7) is 5.30. The fraction of sp³-hybridized carbons (Fsp3) is 0.385. The molecule has 0 spiro atoms. The van der Waals surface area contributed by atoms with Gasteiger partial charge in [0.15, 0.2) is 0 Å². The molecule has 0 fully saturated rings. The molecule has 1 nitrogen and oxygen atoms in total. The van der Waals surface area contributed by atoms with Crippen LogP contribution in [0.2, 0.25) is 5.02 Å². The van der Waals surface area contributed by atoms with E-state index in [-0.39, 0.29) is 12.2 Å². The lowest BCUT2D eigenvalue weighted by Crippen LogP contribution is -2.27. The van der Waals surface area contributed by atoms with Gasteiger partial charge in [0.2, 0.25) is 0 Å². The average molecular weight is 243 g/mol. The maximum Gasteiger partial charge on any atom is 0.127 e. The summed E-state index contributed by atoms with van der Waals surface area (Å²) >= 11 is 5.66. The summed E-state index contributed by atoms with van der Waals surface area (Å²) in [6.07, 6.45) is 3.30. The number of hydrogen-bond acceptors (Lipinski definition) is 1. The van der Waals surface area contributed by atoms with Crippen LogP contribution in [0.25, 0.3) is 0 Å². The summed E-state index contributed by atoms with van der Waals surface area (Å²) < 4.78 is 13.5. The molecule has 0 aliphatic heterocycles. The highest BCUT2D eigenvalue weighted by atomic mass is 35.5. The molecular weight excluding hydrogens is 227 g/mol. The third-order valence-electron chi connectivity index (χ3n) is 2.47. The average Bonchev–Trinajstić information content (AvgIpc) is 2.19. The van der Waals surface area contributed by atoms with Crippen molar-refractivity contribution in [1.82, 2.24) is 0 Å². The second-order valence-electron chi connectivity index (χ2n) is 4.24.